The number of methoxy groups -OCH3 is 1. The molecular formula is C9H12ClN3O3. The van der Waals surface area contributed by atoms with E-state index in [1.54, 1.807) is 6.92 Å². The maximum atomic E-state index is 11.2. The summed E-state index contributed by atoms with van der Waals surface area (Å²) in [6, 6.07) is 0.593. The maximum Gasteiger partial charge on any atom is 0.330 e. The molecule has 1 rings (SSSR count). The Morgan fingerprint density at radius 1 is 1.69 bits per heavy atom. The lowest BCUT2D eigenvalue weighted by Crippen LogP contribution is -2.34. The van der Waals surface area contributed by atoms with E-state index in [-0.39, 0.29) is 5.15 Å². The summed E-state index contributed by atoms with van der Waals surface area (Å²) < 4.78 is 4.50. The van der Waals surface area contributed by atoms with Gasteiger partial charge in [-0.3, -0.25) is 0 Å². The minimum absolute atomic E-state index is 0.261. The minimum atomic E-state index is -0.865. The second-order valence-corrected chi connectivity index (χ2v) is 3.41. The number of carbonyl (C=O) groups is 1. The highest BCUT2D eigenvalue weighted by atomic mass is 35.5. The van der Waals surface area contributed by atoms with Crippen LogP contribution in [0.5, 0.6) is 0 Å². The molecule has 0 aliphatic heterocycles. The molecule has 0 saturated carbocycles. The lowest BCUT2D eigenvalue weighted by molar-refractivity contribution is -0.142. The van der Waals surface area contributed by atoms with Crippen molar-refractivity contribution in [3.63, 3.8) is 0 Å². The second-order valence-electron chi connectivity index (χ2n) is 3.03. The van der Waals surface area contributed by atoms with Gasteiger partial charge in [0, 0.05) is 6.07 Å². The minimum Gasteiger partial charge on any atom is -0.467 e. The number of ether oxygens (including phenoxy) is 1. The van der Waals surface area contributed by atoms with Crippen LogP contribution in [0, 0.1) is 6.92 Å². The lowest BCUT2D eigenvalue weighted by Gasteiger charge is -2.14. The highest BCUT2D eigenvalue weighted by molar-refractivity contribution is 6.29. The van der Waals surface area contributed by atoms with Crippen molar-refractivity contribution in [3.8, 4) is 0 Å². The van der Waals surface area contributed by atoms with E-state index < -0.39 is 18.6 Å². The van der Waals surface area contributed by atoms with Crippen molar-refractivity contribution in [2.45, 2.75) is 13.0 Å². The van der Waals surface area contributed by atoms with E-state index in [9.17, 15) is 4.79 Å². The average Bonchev–Trinajstić information content (AvgIpc) is 2.23. The highest BCUT2D eigenvalue weighted by Crippen LogP contribution is 2.12. The molecule has 1 aromatic rings. The van der Waals surface area contributed by atoms with Crippen LogP contribution in [0.25, 0.3) is 0 Å². The fraction of sp³-hybridized carbons (Fsp3) is 0.444. The number of halogens is 1. The van der Waals surface area contributed by atoms with Crippen molar-refractivity contribution in [2.24, 2.45) is 0 Å². The Kier molecular flexibility index (Phi) is 4.45. The number of hydrogen-bond donors (Lipinski definition) is 2. The van der Waals surface area contributed by atoms with Gasteiger partial charge in [0.1, 0.15) is 22.8 Å². The van der Waals surface area contributed by atoms with E-state index in [0.29, 0.717) is 11.6 Å². The quantitative estimate of drug-likeness (QED) is 0.590. The van der Waals surface area contributed by atoms with Crippen molar-refractivity contribution < 1.29 is 14.6 Å². The van der Waals surface area contributed by atoms with Crippen LogP contribution in [0.1, 0.15) is 5.82 Å². The van der Waals surface area contributed by atoms with Gasteiger partial charge in [-0.25, -0.2) is 14.8 Å². The molecule has 0 aromatic carbocycles. The molecule has 0 saturated heterocycles. The molecule has 0 unspecified atom stereocenters. The normalized spacial score (nSPS) is 12.0. The molecule has 0 bridgehead atoms. The molecule has 1 aromatic heterocycles. The number of aromatic nitrogens is 2. The third-order valence-electron chi connectivity index (χ3n) is 1.80. The predicted molar refractivity (Wildman–Crippen MR) is 58.3 cm³/mol. The van der Waals surface area contributed by atoms with Gasteiger partial charge in [0.25, 0.3) is 0 Å². The Hall–Kier alpha value is -1.40. The fourth-order valence-corrected chi connectivity index (χ4v) is 1.33. The summed E-state index contributed by atoms with van der Waals surface area (Å²) in [7, 11) is 1.24. The van der Waals surface area contributed by atoms with Gasteiger partial charge < -0.3 is 15.2 Å². The predicted octanol–water partition coefficient (Wildman–Crippen LogP) is 0.384. The van der Waals surface area contributed by atoms with Crippen molar-refractivity contribution in [1.82, 2.24) is 9.97 Å². The number of aliphatic hydroxyl groups excluding tert-OH is 1. The molecule has 16 heavy (non-hydrogen) atoms. The van der Waals surface area contributed by atoms with Crippen molar-refractivity contribution >= 4 is 23.4 Å². The molecule has 0 fully saturated rings. The molecule has 0 amide bonds. The number of aliphatic hydroxyl groups is 1. The second kappa shape index (κ2) is 5.62. The summed E-state index contributed by atoms with van der Waals surface area (Å²) in [4.78, 5) is 19.1. The van der Waals surface area contributed by atoms with Crippen LogP contribution in [0.2, 0.25) is 5.15 Å². The Balaban J connectivity index is 2.81. The van der Waals surface area contributed by atoms with Gasteiger partial charge >= 0.3 is 5.97 Å². The lowest BCUT2D eigenvalue weighted by atomic mass is 10.3. The Labute approximate surface area is 97.6 Å². The van der Waals surface area contributed by atoms with Gasteiger partial charge in [-0.2, -0.15) is 0 Å². The van der Waals surface area contributed by atoms with Crippen LogP contribution in [0.4, 0.5) is 5.82 Å². The number of carbonyl (C=O) groups excluding carboxylic acids is 1. The topological polar surface area (TPSA) is 84.3 Å². The van der Waals surface area contributed by atoms with E-state index >= 15 is 0 Å². The highest BCUT2D eigenvalue weighted by Gasteiger charge is 2.18. The molecule has 0 radical (unpaired) electrons. The van der Waals surface area contributed by atoms with Crippen molar-refractivity contribution in [3.05, 3.63) is 17.0 Å². The van der Waals surface area contributed by atoms with Gasteiger partial charge in [0.05, 0.1) is 13.7 Å². The molecule has 2 N–H and O–H groups in total. The molecule has 1 heterocycles. The van der Waals surface area contributed by atoms with Crippen LogP contribution >= 0.6 is 11.6 Å². The van der Waals surface area contributed by atoms with E-state index in [4.69, 9.17) is 16.7 Å². The van der Waals surface area contributed by atoms with Crippen LogP contribution in [0.15, 0.2) is 6.07 Å². The first kappa shape index (κ1) is 12.7. The first-order chi connectivity index (χ1) is 7.56. The summed E-state index contributed by atoms with van der Waals surface area (Å²) >= 11 is 5.72. The Morgan fingerprint density at radius 3 is 2.88 bits per heavy atom. The summed E-state index contributed by atoms with van der Waals surface area (Å²) in [6.45, 7) is 1.27. The third-order valence-corrected chi connectivity index (χ3v) is 1.99. The largest absolute Gasteiger partial charge is 0.467 e. The third kappa shape index (κ3) is 3.32. The number of aryl methyl sites for hydroxylation is 1. The van der Waals surface area contributed by atoms with E-state index in [2.05, 4.69) is 20.0 Å². The van der Waals surface area contributed by atoms with Gasteiger partial charge in [-0.1, -0.05) is 11.6 Å². The number of hydrogen-bond acceptors (Lipinski definition) is 6. The van der Waals surface area contributed by atoms with Crippen molar-refractivity contribution in [2.75, 3.05) is 19.0 Å². The number of nitrogens with one attached hydrogen (secondary N) is 1. The molecule has 0 aliphatic carbocycles. The monoisotopic (exact) mass is 245 g/mol. The zero-order chi connectivity index (χ0) is 12.1. The zero-order valence-electron chi connectivity index (χ0n) is 8.90. The van der Waals surface area contributed by atoms with Gasteiger partial charge in [-0.15, -0.1) is 0 Å². The number of anilines is 1. The van der Waals surface area contributed by atoms with Gasteiger partial charge in [0.15, 0.2) is 0 Å². The van der Waals surface area contributed by atoms with Gasteiger partial charge in [-0.05, 0) is 6.92 Å². The van der Waals surface area contributed by atoms with Crippen LogP contribution in [-0.4, -0.2) is 40.8 Å². The first-order valence-corrected chi connectivity index (χ1v) is 4.91. The zero-order valence-corrected chi connectivity index (χ0v) is 9.65. The summed E-state index contributed by atoms with van der Waals surface area (Å²) in [6.07, 6.45) is 0. The van der Waals surface area contributed by atoms with Crippen molar-refractivity contribution in [1.29, 1.82) is 0 Å². The van der Waals surface area contributed by atoms with Crippen LogP contribution in [0.3, 0.4) is 0 Å². The van der Waals surface area contributed by atoms with Crippen LogP contribution < -0.4 is 5.32 Å². The van der Waals surface area contributed by atoms with E-state index in [1.165, 1.54) is 13.2 Å². The number of esters is 1. The standard InChI is InChI=1S/C9H12ClN3O3/c1-5-11-7(10)3-8(12-5)13-6(4-14)9(15)16-2/h3,6,14H,4H2,1-2H3,(H,11,12,13)/t6-/m0/s1. The smallest absolute Gasteiger partial charge is 0.330 e. The Bertz CT molecular complexity index is 366. The number of nitrogens with zero attached hydrogens (tertiary/aromatic N) is 2. The van der Waals surface area contributed by atoms with Gasteiger partial charge in [0.2, 0.25) is 0 Å². The SMILES string of the molecule is COC(=O)[C@H](CO)Nc1cc(Cl)nc(C)n1. The summed E-state index contributed by atoms with van der Waals surface area (Å²) in [5.74, 6) is 0.258. The van der Waals surface area contributed by atoms with E-state index in [0.717, 1.165) is 0 Å². The molecule has 0 spiro atoms. The molecule has 1 atom stereocenters. The number of rotatable bonds is 4. The average molecular weight is 246 g/mol. The van der Waals surface area contributed by atoms with E-state index in [1.807, 2.05) is 0 Å². The summed E-state index contributed by atoms with van der Waals surface area (Å²) in [5, 5.41) is 11.9. The molecule has 7 heteroatoms. The Morgan fingerprint density at radius 2 is 2.38 bits per heavy atom. The fourth-order valence-electron chi connectivity index (χ4n) is 1.11. The van der Waals surface area contributed by atoms with Crippen LogP contribution in [-0.2, 0) is 9.53 Å². The molecular weight excluding hydrogens is 234 g/mol. The summed E-state index contributed by atoms with van der Waals surface area (Å²) in [5.41, 5.74) is 0. The molecule has 88 valence electrons. The maximum absolute atomic E-state index is 11.2. The first-order valence-electron chi connectivity index (χ1n) is 4.53. The molecule has 6 nitrogen and oxygen atoms in total. The molecule has 0 aliphatic rings.